The van der Waals surface area contributed by atoms with Crippen molar-refractivity contribution in [2.24, 2.45) is 0 Å². The number of hydroxylamine groups is 1. The third-order valence-corrected chi connectivity index (χ3v) is 3.83. The van der Waals surface area contributed by atoms with E-state index < -0.39 is 5.91 Å². The standard InChI is InChI=1S/C18H17N3O3/c1-13-2-4-14(5-3-13)12-20-10-11-21(18(20)23)16-8-6-15(7-9-16)17(22)19-24/h2-11,24H,12H2,1H3,(H,19,22). The maximum absolute atomic E-state index is 12.5. The van der Waals surface area contributed by atoms with Gasteiger partial charge in [0.25, 0.3) is 5.91 Å². The molecule has 0 atom stereocenters. The SMILES string of the molecule is Cc1ccc(Cn2ccn(-c3ccc(C(=O)NO)cc3)c2=O)cc1. The predicted molar refractivity (Wildman–Crippen MR) is 89.6 cm³/mol. The molecule has 0 saturated heterocycles. The van der Waals surface area contributed by atoms with Crippen LogP contribution in [0.1, 0.15) is 21.5 Å². The fourth-order valence-electron chi connectivity index (χ4n) is 2.46. The van der Waals surface area contributed by atoms with Crippen molar-refractivity contribution < 1.29 is 10.0 Å². The third kappa shape index (κ3) is 3.13. The number of carbonyl (C=O) groups is 1. The summed E-state index contributed by atoms with van der Waals surface area (Å²) in [5.41, 5.74) is 4.61. The van der Waals surface area contributed by atoms with Crippen LogP contribution in [0.2, 0.25) is 0 Å². The third-order valence-electron chi connectivity index (χ3n) is 3.83. The molecule has 0 aliphatic carbocycles. The van der Waals surface area contributed by atoms with Crippen LogP contribution in [0.3, 0.4) is 0 Å². The van der Waals surface area contributed by atoms with E-state index in [2.05, 4.69) is 0 Å². The average Bonchev–Trinajstić information content (AvgIpc) is 2.97. The zero-order valence-electron chi connectivity index (χ0n) is 13.1. The van der Waals surface area contributed by atoms with Gasteiger partial charge in [-0.2, -0.15) is 0 Å². The molecular weight excluding hydrogens is 306 g/mol. The Balaban J connectivity index is 1.85. The number of aryl methyl sites for hydroxylation is 1. The van der Waals surface area contributed by atoms with Gasteiger partial charge >= 0.3 is 5.69 Å². The maximum atomic E-state index is 12.5. The van der Waals surface area contributed by atoms with E-state index in [0.29, 0.717) is 17.8 Å². The van der Waals surface area contributed by atoms with Crippen molar-refractivity contribution in [2.75, 3.05) is 0 Å². The summed E-state index contributed by atoms with van der Waals surface area (Å²) in [5, 5.41) is 8.62. The first-order valence-electron chi connectivity index (χ1n) is 7.46. The van der Waals surface area contributed by atoms with Crippen LogP contribution in [-0.2, 0) is 6.54 Å². The lowest BCUT2D eigenvalue weighted by molar-refractivity contribution is 0.0706. The summed E-state index contributed by atoms with van der Waals surface area (Å²) in [6.45, 7) is 2.52. The number of nitrogens with zero attached hydrogens (tertiary/aromatic N) is 2. The summed E-state index contributed by atoms with van der Waals surface area (Å²) in [7, 11) is 0. The molecule has 0 spiro atoms. The summed E-state index contributed by atoms with van der Waals surface area (Å²) in [4.78, 5) is 23.8. The van der Waals surface area contributed by atoms with Crippen LogP contribution in [0.5, 0.6) is 0 Å². The molecule has 3 rings (SSSR count). The van der Waals surface area contributed by atoms with Gasteiger partial charge in [-0.05, 0) is 36.8 Å². The van der Waals surface area contributed by atoms with Gasteiger partial charge in [-0.1, -0.05) is 29.8 Å². The quantitative estimate of drug-likeness (QED) is 0.570. The lowest BCUT2D eigenvalue weighted by atomic mass is 10.1. The smallest absolute Gasteiger partial charge is 0.294 e. The first kappa shape index (κ1) is 15.8. The van der Waals surface area contributed by atoms with Crippen molar-refractivity contribution in [1.29, 1.82) is 0 Å². The highest BCUT2D eigenvalue weighted by Gasteiger charge is 2.08. The minimum atomic E-state index is -0.592. The molecule has 0 saturated carbocycles. The van der Waals surface area contributed by atoms with Gasteiger partial charge < -0.3 is 0 Å². The Morgan fingerprint density at radius 3 is 2.33 bits per heavy atom. The molecule has 0 unspecified atom stereocenters. The lowest BCUT2D eigenvalue weighted by Crippen LogP contribution is -2.23. The highest BCUT2D eigenvalue weighted by atomic mass is 16.5. The Hall–Kier alpha value is -3.12. The first-order chi connectivity index (χ1) is 11.6. The van der Waals surface area contributed by atoms with Gasteiger partial charge in [-0.25, -0.2) is 10.3 Å². The van der Waals surface area contributed by atoms with E-state index in [-0.39, 0.29) is 5.69 Å². The molecule has 6 heteroatoms. The van der Waals surface area contributed by atoms with Crippen LogP contribution < -0.4 is 11.2 Å². The Labute approximate surface area is 138 Å². The number of benzene rings is 2. The van der Waals surface area contributed by atoms with Crippen molar-refractivity contribution in [1.82, 2.24) is 14.6 Å². The molecule has 3 aromatic rings. The van der Waals surface area contributed by atoms with Crippen molar-refractivity contribution in [3.8, 4) is 5.69 Å². The molecular formula is C18H17N3O3. The number of carbonyl (C=O) groups excluding carboxylic acids is 1. The number of aromatic nitrogens is 2. The van der Waals surface area contributed by atoms with E-state index in [1.165, 1.54) is 10.1 Å². The van der Waals surface area contributed by atoms with Crippen LogP contribution in [0.25, 0.3) is 5.69 Å². The van der Waals surface area contributed by atoms with E-state index in [1.54, 1.807) is 46.7 Å². The number of imidazole rings is 1. The van der Waals surface area contributed by atoms with E-state index in [1.807, 2.05) is 31.2 Å². The van der Waals surface area contributed by atoms with Gasteiger partial charge in [-0.3, -0.25) is 19.1 Å². The van der Waals surface area contributed by atoms with Crippen molar-refractivity contribution in [2.45, 2.75) is 13.5 Å². The van der Waals surface area contributed by atoms with Gasteiger partial charge in [0.1, 0.15) is 0 Å². The van der Waals surface area contributed by atoms with Gasteiger partial charge in [0, 0.05) is 18.0 Å². The van der Waals surface area contributed by atoms with Gasteiger partial charge in [0.15, 0.2) is 0 Å². The molecule has 0 bridgehead atoms. The zero-order valence-corrected chi connectivity index (χ0v) is 13.1. The number of nitrogens with one attached hydrogen (secondary N) is 1. The number of hydrogen-bond donors (Lipinski definition) is 2. The molecule has 1 aromatic heterocycles. The molecule has 0 fully saturated rings. The summed E-state index contributed by atoms with van der Waals surface area (Å²) in [6, 6.07) is 14.4. The lowest BCUT2D eigenvalue weighted by Gasteiger charge is -2.04. The summed E-state index contributed by atoms with van der Waals surface area (Å²) >= 11 is 0. The molecule has 6 nitrogen and oxygen atoms in total. The Morgan fingerprint density at radius 2 is 1.71 bits per heavy atom. The van der Waals surface area contributed by atoms with E-state index in [9.17, 15) is 9.59 Å². The van der Waals surface area contributed by atoms with E-state index >= 15 is 0 Å². The van der Waals surface area contributed by atoms with E-state index in [4.69, 9.17) is 5.21 Å². The molecule has 1 amide bonds. The first-order valence-corrected chi connectivity index (χ1v) is 7.46. The number of amides is 1. The number of hydrogen-bond acceptors (Lipinski definition) is 3. The summed E-state index contributed by atoms with van der Waals surface area (Å²) < 4.78 is 3.13. The van der Waals surface area contributed by atoms with Crippen LogP contribution in [0.15, 0.2) is 65.7 Å². The topological polar surface area (TPSA) is 76.3 Å². The van der Waals surface area contributed by atoms with E-state index in [0.717, 1.165) is 5.56 Å². The van der Waals surface area contributed by atoms with Crippen molar-refractivity contribution in [3.05, 3.63) is 88.1 Å². The molecule has 24 heavy (non-hydrogen) atoms. The zero-order chi connectivity index (χ0) is 17.1. The largest absolute Gasteiger partial charge is 0.333 e. The van der Waals surface area contributed by atoms with Gasteiger partial charge in [-0.15, -0.1) is 0 Å². The summed E-state index contributed by atoms with van der Waals surface area (Å²) in [5.74, 6) is -0.592. The Morgan fingerprint density at radius 1 is 1.04 bits per heavy atom. The monoisotopic (exact) mass is 323 g/mol. The molecule has 0 aliphatic rings. The minimum absolute atomic E-state index is 0.157. The van der Waals surface area contributed by atoms with Crippen molar-refractivity contribution >= 4 is 5.91 Å². The van der Waals surface area contributed by atoms with Gasteiger partial charge in [0.2, 0.25) is 0 Å². The normalized spacial score (nSPS) is 10.6. The highest BCUT2D eigenvalue weighted by molar-refractivity contribution is 5.93. The predicted octanol–water partition coefficient (Wildman–Crippen LogP) is 2.11. The van der Waals surface area contributed by atoms with Crippen LogP contribution in [-0.4, -0.2) is 20.2 Å². The minimum Gasteiger partial charge on any atom is -0.294 e. The Kier molecular flexibility index (Phi) is 4.31. The van der Waals surface area contributed by atoms with Crippen LogP contribution in [0.4, 0.5) is 0 Å². The van der Waals surface area contributed by atoms with Crippen molar-refractivity contribution in [3.63, 3.8) is 0 Å². The van der Waals surface area contributed by atoms with Gasteiger partial charge in [0.05, 0.1) is 12.2 Å². The molecule has 0 aliphatic heterocycles. The Bertz CT molecular complexity index is 906. The number of rotatable bonds is 4. The second-order valence-electron chi connectivity index (χ2n) is 5.55. The summed E-state index contributed by atoms with van der Waals surface area (Å²) in [6.07, 6.45) is 3.42. The van der Waals surface area contributed by atoms with Crippen LogP contribution >= 0.6 is 0 Å². The molecule has 2 N–H and O–H groups in total. The fraction of sp³-hybridized carbons (Fsp3) is 0.111. The molecule has 0 radical (unpaired) electrons. The highest BCUT2D eigenvalue weighted by Crippen LogP contribution is 2.09. The fourth-order valence-corrected chi connectivity index (χ4v) is 2.46. The average molecular weight is 323 g/mol. The maximum Gasteiger partial charge on any atom is 0.333 e. The molecule has 1 heterocycles. The second kappa shape index (κ2) is 6.55. The molecule has 122 valence electrons. The second-order valence-corrected chi connectivity index (χ2v) is 5.55. The van der Waals surface area contributed by atoms with Crippen LogP contribution in [0, 0.1) is 6.92 Å². The molecule has 2 aromatic carbocycles.